The van der Waals surface area contributed by atoms with Gasteiger partial charge in [0.15, 0.2) is 0 Å². The average molecular weight is 303 g/mol. The zero-order valence-electron chi connectivity index (χ0n) is 13.0. The third-order valence-electron chi connectivity index (χ3n) is 4.10. The molecule has 0 saturated carbocycles. The van der Waals surface area contributed by atoms with Crippen molar-refractivity contribution in [3.63, 3.8) is 0 Å². The maximum absolute atomic E-state index is 12.3. The third kappa shape index (κ3) is 3.44. The molecule has 0 saturated heterocycles. The van der Waals surface area contributed by atoms with Crippen molar-refractivity contribution in [3.8, 4) is 0 Å². The summed E-state index contributed by atoms with van der Waals surface area (Å²) >= 11 is 0. The summed E-state index contributed by atoms with van der Waals surface area (Å²) in [5.74, 6) is -1.14. The van der Waals surface area contributed by atoms with Crippen LogP contribution in [0.5, 0.6) is 0 Å². The van der Waals surface area contributed by atoms with E-state index < -0.39 is 11.5 Å². The van der Waals surface area contributed by atoms with E-state index in [-0.39, 0.29) is 24.7 Å². The summed E-state index contributed by atoms with van der Waals surface area (Å²) < 4.78 is 0. The lowest BCUT2D eigenvalue weighted by atomic mass is 9.85. The van der Waals surface area contributed by atoms with Gasteiger partial charge < -0.3 is 10.4 Å². The monoisotopic (exact) mass is 303 g/mol. The van der Waals surface area contributed by atoms with Crippen LogP contribution in [0.3, 0.4) is 0 Å². The summed E-state index contributed by atoms with van der Waals surface area (Å²) in [7, 11) is 0. The number of H-pyrrole nitrogens is 1. The highest BCUT2D eigenvalue weighted by atomic mass is 16.4. The first-order valence-electron chi connectivity index (χ1n) is 7.26. The van der Waals surface area contributed by atoms with Gasteiger partial charge in [-0.05, 0) is 18.9 Å². The highest BCUT2D eigenvalue weighted by Gasteiger charge is 2.32. The highest BCUT2D eigenvalue weighted by molar-refractivity contribution is 5.87. The molecule has 0 aliphatic carbocycles. The van der Waals surface area contributed by atoms with Gasteiger partial charge in [0.05, 0.1) is 24.1 Å². The highest BCUT2D eigenvalue weighted by Crippen LogP contribution is 2.22. The van der Waals surface area contributed by atoms with E-state index >= 15 is 0 Å². The standard InChI is InChI=1S/C16H21N3O3/c1-10(2)16(3,9-15(21)22)17-14(20)8-13-11-6-4-5-7-12(11)18-19-13/h4-7,10H,8-9H2,1-3H3,(H,17,20)(H,18,19)(H,21,22). The lowest BCUT2D eigenvalue weighted by Crippen LogP contribution is -2.51. The number of aromatic amines is 1. The van der Waals surface area contributed by atoms with E-state index in [0.717, 1.165) is 16.6 Å². The summed E-state index contributed by atoms with van der Waals surface area (Å²) in [6.07, 6.45) is 0.0303. The van der Waals surface area contributed by atoms with Gasteiger partial charge in [-0.3, -0.25) is 14.7 Å². The van der Waals surface area contributed by atoms with Gasteiger partial charge in [0.2, 0.25) is 5.91 Å². The molecular weight excluding hydrogens is 282 g/mol. The molecule has 0 spiro atoms. The van der Waals surface area contributed by atoms with Crippen molar-refractivity contribution in [3.05, 3.63) is 30.0 Å². The number of hydrogen-bond donors (Lipinski definition) is 3. The molecule has 0 fully saturated rings. The number of carboxylic acid groups (broad SMARTS) is 1. The Balaban J connectivity index is 2.13. The molecule has 0 aliphatic heterocycles. The molecule has 1 unspecified atom stereocenters. The Morgan fingerprint density at radius 2 is 2.05 bits per heavy atom. The molecule has 2 rings (SSSR count). The van der Waals surface area contributed by atoms with Gasteiger partial charge >= 0.3 is 5.97 Å². The smallest absolute Gasteiger partial charge is 0.305 e. The Morgan fingerprint density at radius 1 is 1.36 bits per heavy atom. The van der Waals surface area contributed by atoms with Crippen LogP contribution in [-0.4, -0.2) is 32.7 Å². The molecule has 1 amide bonds. The fourth-order valence-corrected chi connectivity index (χ4v) is 2.38. The van der Waals surface area contributed by atoms with Crippen molar-refractivity contribution >= 4 is 22.8 Å². The number of amides is 1. The van der Waals surface area contributed by atoms with Gasteiger partial charge in [0.25, 0.3) is 0 Å². The van der Waals surface area contributed by atoms with Crippen molar-refractivity contribution in [2.24, 2.45) is 5.92 Å². The summed E-state index contributed by atoms with van der Waals surface area (Å²) in [6.45, 7) is 5.55. The second kappa shape index (κ2) is 6.17. The molecule has 6 heteroatoms. The van der Waals surface area contributed by atoms with Crippen molar-refractivity contribution in [2.75, 3.05) is 0 Å². The second-order valence-electron chi connectivity index (χ2n) is 6.09. The third-order valence-corrected chi connectivity index (χ3v) is 4.10. The van der Waals surface area contributed by atoms with Crippen LogP contribution >= 0.6 is 0 Å². The van der Waals surface area contributed by atoms with Crippen molar-refractivity contribution < 1.29 is 14.7 Å². The number of carboxylic acids is 1. The van der Waals surface area contributed by atoms with E-state index in [1.807, 2.05) is 38.1 Å². The predicted octanol–water partition coefficient (Wildman–Crippen LogP) is 2.11. The van der Waals surface area contributed by atoms with Crippen LogP contribution in [0.4, 0.5) is 0 Å². The summed E-state index contributed by atoms with van der Waals surface area (Å²) in [5.41, 5.74) is 0.760. The van der Waals surface area contributed by atoms with Crippen LogP contribution in [-0.2, 0) is 16.0 Å². The molecule has 1 heterocycles. The number of aromatic nitrogens is 2. The van der Waals surface area contributed by atoms with Crippen molar-refractivity contribution in [1.29, 1.82) is 0 Å². The molecule has 1 atom stereocenters. The number of carbonyl (C=O) groups is 2. The fourth-order valence-electron chi connectivity index (χ4n) is 2.38. The van der Waals surface area contributed by atoms with Crippen LogP contribution in [0.2, 0.25) is 0 Å². The zero-order valence-corrected chi connectivity index (χ0v) is 13.0. The maximum atomic E-state index is 12.3. The first-order chi connectivity index (χ1) is 10.3. The van der Waals surface area contributed by atoms with Crippen molar-refractivity contribution in [2.45, 2.75) is 39.2 Å². The summed E-state index contributed by atoms with van der Waals surface area (Å²) in [4.78, 5) is 23.3. The molecule has 6 nitrogen and oxygen atoms in total. The van der Waals surface area contributed by atoms with Gasteiger partial charge in [-0.25, -0.2) is 0 Å². The van der Waals surface area contributed by atoms with E-state index in [0.29, 0.717) is 0 Å². The minimum atomic E-state index is -0.927. The molecule has 22 heavy (non-hydrogen) atoms. The van der Waals surface area contributed by atoms with Gasteiger partial charge in [-0.2, -0.15) is 5.10 Å². The molecule has 0 bridgehead atoms. The largest absolute Gasteiger partial charge is 0.481 e. The number of para-hydroxylation sites is 1. The van der Waals surface area contributed by atoms with E-state index in [9.17, 15) is 9.59 Å². The number of carbonyl (C=O) groups excluding carboxylic acids is 1. The number of nitrogens with one attached hydrogen (secondary N) is 2. The van der Waals surface area contributed by atoms with Gasteiger partial charge in [0, 0.05) is 10.9 Å². The SMILES string of the molecule is CC(C)C(C)(CC(=O)O)NC(=O)Cc1[nH]nc2ccccc12. The minimum absolute atomic E-state index is 0.00561. The first-order valence-corrected chi connectivity index (χ1v) is 7.26. The molecule has 118 valence electrons. The normalized spacial score (nSPS) is 14.0. The lowest BCUT2D eigenvalue weighted by Gasteiger charge is -2.33. The number of benzene rings is 1. The van der Waals surface area contributed by atoms with Crippen LogP contribution in [0, 0.1) is 5.92 Å². The molecule has 1 aromatic carbocycles. The zero-order chi connectivity index (χ0) is 16.3. The molecular formula is C16H21N3O3. The van der Waals surface area contributed by atoms with Gasteiger partial charge in [-0.15, -0.1) is 0 Å². The number of fused-ring (bicyclic) bond motifs is 1. The quantitative estimate of drug-likeness (QED) is 0.761. The Morgan fingerprint density at radius 3 is 2.68 bits per heavy atom. The Hall–Kier alpha value is -2.37. The van der Waals surface area contributed by atoms with Crippen LogP contribution in [0.1, 0.15) is 32.9 Å². The number of hydrogen-bond acceptors (Lipinski definition) is 3. The number of rotatable bonds is 6. The van der Waals surface area contributed by atoms with E-state index in [2.05, 4.69) is 15.5 Å². The number of nitrogens with zero attached hydrogens (tertiary/aromatic N) is 1. The summed E-state index contributed by atoms with van der Waals surface area (Å²) in [6, 6.07) is 7.55. The molecule has 3 N–H and O–H groups in total. The predicted molar refractivity (Wildman–Crippen MR) is 83.4 cm³/mol. The number of aliphatic carboxylic acids is 1. The average Bonchev–Trinajstić information content (AvgIpc) is 2.81. The maximum Gasteiger partial charge on any atom is 0.305 e. The van der Waals surface area contributed by atoms with Crippen molar-refractivity contribution in [1.82, 2.24) is 15.5 Å². The van der Waals surface area contributed by atoms with E-state index in [1.165, 1.54) is 0 Å². The Bertz CT molecular complexity index is 693. The lowest BCUT2D eigenvalue weighted by molar-refractivity contribution is -0.139. The molecule has 1 aromatic heterocycles. The summed E-state index contributed by atoms with van der Waals surface area (Å²) in [5, 5.41) is 19.8. The Labute approximate surface area is 128 Å². The van der Waals surface area contributed by atoms with Crippen LogP contribution in [0.15, 0.2) is 24.3 Å². The Kier molecular flexibility index (Phi) is 4.49. The van der Waals surface area contributed by atoms with Crippen LogP contribution in [0.25, 0.3) is 10.9 Å². The van der Waals surface area contributed by atoms with Gasteiger partial charge in [0.1, 0.15) is 0 Å². The second-order valence-corrected chi connectivity index (χ2v) is 6.09. The van der Waals surface area contributed by atoms with E-state index in [4.69, 9.17) is 5.11 Å². The van der Waals surface area contributed by atoms with Crippen LogP contribution < -0.4 is 5.32 Å². The molecule has 0 radical (unpaired) electrons. The molecule has 2 aromatic rings. The van der Waals surface area contributed by atoms with Gasteiger partial charge in [-0.1, -0.05) is 32.0 Å². The topological polar surface area (TPSA) is 95.1 Å². The molecule has 0 aliphatic rings. The fraction of sp³-hybridized carbons (Fsp3) is 0.438. The van der Waals surface area contributed by atoms with E-state index in [1.54, 1.807) is 6.92 Å². The first kappa shape index (κ1) is 16.0. The minimum Gasteiger partial charge on any atom is -0.481 e.